The lowest BCUT2D eigenvalue weighted by Crippen LogP contribution is -2.56. The summed E-state index contributed by atoms with van der Waals surface area (Å²) in [5.74, 6) is -2.86. The van der Waals surface area contributed by atoms with E-state index in [9.17, 15) is 24.3 Å². The molecule has 4 rings (SSSR count). The van der Waals surface area contributed by atoms with Gasteiger partial charge in [0.1, 0.15) is 17.7 Å². The summed E-state index contributed by atoms with van der Waals surface area (Å²) in [4.78, 5) is 59.0. The largest absolute Gasteiger partial charge is 0.455 e. The van der Waals surface area contributed by atoms with Crippen molar-refractivity contribution in [2.24, 2.45) is 11.8 Å². The van der Waals surface area contributed by atoms with E-state index in [-0.39, 0.29) is 30.7 Å². The number of hydrogen-bond donors (Lipinski definition) is 2. The molecule has 1 spiro atoms. The average Bonchev–Trinajstić information content (AvgIpc) is 3.71. The van der Waals surface area contributed by atoms with E-state index in [2.05, 4.69) is 25.4 Å². The Labute approximate surface area is 279 Å². The van der Waals surface area contributed by atoms with Gasteiger partial charge in [-0.05, 0) is 51.0 Å². The van der Waals surface area contributed by atoms with Gasteiger partial charge < -0.3 is 29.7 Å². The van der Waals surface area contributed by atoms with E-state index in [0.29, 0.717) is 51.7 Å². The molecule has 7 atom stereocenters. The third kappa shape index (κ3) is 7.97. The Morgan fingerprint density at radius 1 is 1.15 bits per heavy atom. The number of hydrogen-bond acceptors (Lipinski definition) is 7. The lowest BCUT2D eigenvalue weighted by molar-refractivity contribution is -0.162. The Bertz CT molecular complexity index is 1260. The molecule has 3 aliphatic rings. The molecular weight excluding hydrogens is 598 g/mol. The maximum absolute atomic E-state index is 14.4. The first-order valence-electron chi connectivity index (χ1n) is 17.4. The Balaban J connectivity index is 1.63. The van der Waals surface area contributed by atoms with Crippen molar-refractivity contribution in [2.75, 3.05) is 26.2 Å². The number of rotatable bonds is 20. The van der Waals surface area contributed by atoms with Gasteiger partial charge in [0.05, 0.1) is 24.0 Å². The molecular formula is C37H53N3O7. The van der Waals surface area contributed by atoms with Crippen LogP contribution >= 0.6 is 0 Å². The molecule has 3 saturated heterocycles. The van der Waals surface area contributed by atoms with Gasteiger partial charge in [-0.2, -0.15) is 0 Å². The van der Waals surface area contributed by atoms with Gasteiger partial charge in [-0.1, -0.05) is 68.7 Å². The number of likely N-dealkylation sites (tertiary alicyclic amines) is 1. The summed E-state index contributed by atoms with van der Waals surface area (Å²) in [6.45, 7) is 12.8. The number of carbonyl (C=O) groups excluding carboxylic acids is 4. The Morgan fingerprint density at radius 2 is 1.89 bits per heavy atom. The Kier molecular flexibility index (Phi) is 13.2. The van der Waals surface area contributed by atoms with Crippen LogP contribution in [0, 0.1) is 11.8 Å². The first-order chi connectivity index (χ1) is 22.7. The first-order valence-corrected chi connectivity index (χ1v) is 17.4. The summed E-state index contributed by atoms with van der Waals surface area (Å²) >= 11 is 0. The minimum absolute atomic E-state index is 0.114. The molecule has 0 saturated carbocycles. The van der Waals surface area contributed by atoms with Crippen LogP contribution in [0.3, 0.4) is 0 Å². The number of carbonyl (C=O) groups is 4. The van der Waals surface area contributed by atoms with Gasteiger partial charge in [-0.3, -0.25) is 19.2 Å². The molecule has 3 amide bonds. The molecule has 258 valence electrons. The van der Waals surface area contributed by atoms with Gasteiger partial charge in [0.15, 0.2) is 0 Å². The standard InChI is InChI=1S/C37H53N3O7/c1-5-8-19-29(42)38-26(4)32(27-17-13-12-14-18-27)46-36(45)30-28-20-21-37(47-28)31(30)34(43)40(24-15-10-11-16-25-41)33(37)35(44)39(22-7-3)23-9-6-2/h5,7,12-14,17-18,26,28,30-33,41H,1,3,6,8-11,15-16,19-25H2,2,4H3,(H,38,42)/t26-,28-,30+,31+,32-,33-,37+/m1/s1. The second kappa shape index (κ2) is 17.1. The molecule has 2 N–H and O–H groups in total. The summed E-state index contributed by atoms with van der Waals surface area (Å²) in [5.41, 5.74) is -0.395. The molecule has 10 nitrogen and oxygen atoms in total. The zero-order valence-corrected chi connectivity index (χ0v) is 28.1. The smallest absolute Gasteiger partial charge is 0.313 e. The van der Waals surface area contributed by atoms with E-state index in [1.54, 1.807) is 28.9 Å². The quantitative estimate of drug-likeness (QED) is 0.121. The van der Waals surface area contributed by atoms with Crippen LogP contribution in [0.2, 0.25) is 0 Å². The van der Waals surface area contributed by atoms with Gasteiger partial charge in [0.2, 0.25) is 17.7 Å². The van der Waals surface area contributed by atoms with Crippen molar-refractivity contribution in [1.82, 2.24) is 15.1 Å². The summed E-state index contributed by atoms with van der Waals surface area (Å²) in [6.07, 6.45) is 8.60. The molecule has 3 heterocycles. The predicted molar refractivity (Wildman–Crippen MR) is 179 cm³/mol. The predicted octanol–water partition coefficient (Wildman–Crippen LogP) is 4.48. The number of allylic oxidation sites excluding steroid dienone is 1. The Morgan fingerprint density at radius 3 is 2.57 bits per heavy atom. The number of benzene rings is 1. The number of nitrogens with zero attached hydrogens (tertiary/aromatic N) is 2. The number of amides is 3. The number of aliphatic hydroxyl groups is 1. The van der Waals surface area contributed by atoms with E-state index in [1.807, 2.05) is 30.3 Å². The number of fused-ring (bicyclic) bond motifs is 1. The fourth-order valence-corrected chi connectivity index (χ4v) is 7.60. The molecule has 3 aliphatic heterocycles. The molecule has 2 bridgehead atoms. The lowest BCUT2D eigenvalue weighted by Gasteiger charge is -2.37. The van der Waals surface area contributed by atoms with E-state index in [0.717, 1.165) is 31.2 Å². The second-order valence-corrected chi connectivity index (χ2v) is 13.1. The number of esters is 1. The van der Waals surface area contributed by atoms with Crippen LogP contribution in [0.5, 0.6) is 0 Å². The van der Waals surface area contributed by atoms with E-state index in [1.165, 1.54) is 0 Å². The number of nitrogens with one attached hydrogen (secondary N) is 1. The van der Waals surface area contributed by atoms with Crippen LogP contribution < -0.4 is 5.32 Å². The second-order valence-electron chi connectivity index (χ2n) is 13.1. The first kappa shape index (κ1) is 36.3. The van der Waals surface area contributed by atoms with Crippen molar-refractivity contribution < 1.29 is 33.8 Å². The molecule has 1 aromatic carbocycles. The van der Waals surface area contributed by atoms with Gasteiger partial charge in [0, 0.05) is 32.7 Å². The lowest BCUT2D eigenvalue weighted by atomic mass is 9.70. The topological polar surface area (TPSA) is 125 Å². The van der Waals surface area contributed by atoms with Crippen LogP contribution in [0.1, 0.15) is 89.7 Å². The maximum atomic E-state index is 14.4. The minimum Gasteiger partial charge on any atom is -0.455 e. The summed E-state index contributed by atoms with van der Waals surface area (Å²) < 4.78 is 12.9. The van der Waals surface area contributed by atoms with Gasteiger partial charge in [-0.15, -0.1) is 13.2 Å². The van der Waals surface area contributed by atoms with Crippen molar-refractivity contribution >= 4 is 23.7 Å². The van der Waals surface area contributed by atoms with Crippen molar-refractivity contribution in [3.8, 4) is 0 Å². The molecule has 3 fully saturated rings. The van der Waals surface area contributed by atoms with Crippen molar-refractivity contribution in [1.29, 1.82) is 0 Å². The van der Waals surface area contributed by atoms with Crippen molar-refractivity contribution in [3.05, 3.63) is 61.2 Å². The zero-order chi connectivity index (χ0) is 34.0. The highest BCUT2D eigenvalue weighted by atomic mass is 16.6. The number of unbranched alkanes of at least 4 members (excludes halogenated alkanes) is 4. The van der Waals surface area contributed by atoms with Crippen LogP contribution in [0.25, 0.3) is 0 Å². The maximum Gasteiger partial charge on any atom is 0.313 e. The third-order valence-corrected chi connectivity index (χ3v) is 9.85. The molecule has 0 unspecified atom stereocenters. The fourth-order valence-electron chi connectivity index (χ4n) is 7.60. The Hall–Kier alpha value is -3.50. The number of aliphatic hydroxyl groups excluding tert-OH is 1. The van der Waals surface area contributed by atoms with Crippen LogP contribution in [-0.2, 0) is 28.7 Å². The summed E-state index contributed by atoms with van der Waals surface area (Å²) in [5, 5.41) is 12.2. The highest BCUT2D eigenvalue weighted by Gasteiger charge is 2.75. The molecule has 0 radical (unpaired) electrons. The van der Waals surface area contributed by atoms with Crippen molar-refractivity contribution in [3.63, 3.8) is 0 Å². The molecule has 0 aliphatic carbocycles. The van der Waals surface area contributed by atoms with Gasteiger partial charge in [-0.25, -0.2) is 0 Å². The molecule has 10 heteroatoms. The molecule has 0 aromatic heterocycles. The normalized spacial score (nSPS) is 25.6. The molecule has 1 aromatic rings. The van der Waals surface area contributed by atoms with Gasteiger partial charge in [0.25, 0.3) is 0 Å². The van der Waals surface area contributed by atoms with Crippen LogP contribution in [0.4, 0.5) is 0 Å². The highest BCUT2D eigenvalue weighted by molar-refractivity contribution is 5.98. The fraction of sp³-hybridized carbons (Fsp3) is 0.622. The summed E-state index contributed by atoms with van der Waals surface area (Å²) in [6, 6.07) is 7.88. The van der Waals surface area contributed by atoms with E-state index < -0.39 is 47.7 Å². The number of ether oxygens (including phenoxy) is 2. The molecule has 47 heavy (non-hydrogen) atoms. The minimum atomic E-state index is -1.12. The van der Waals surface area contributed by atoms with Crippen LogP contribution in [-0.4, -0.2) is 88.6 Å². The van der Waals surface area contributed by atoms with Crippen LogP contribution in [0.15, 0.2) is 55.6 Å². The monoisotopic (exact) mass is 651 g/mol. The zero-order valence-electron chi connectivity index (χ0n) is 28.1. The highest BCUT2D eigenvalue weighted by Crippen LogP contribution is 2.59. The summed E-state index contributed by atoms with van der Waals surface area (Å²) in [7, 11) is 0. The van der Waals surface area contributed by atoms with E-state index >= 15 is 0 Å². The van der Waals surface area contributed by atoms with E-state index in [4.69, 9.17) is 9.47 Å². The van der Waals surface area contributed by atoms with Gasteiger partial charge >= 0.3 is 5.97 Å². The average molecular weight is 652 g/mol. The van der Waals surface area contributed by atoms with Crippen molar-refractivity contribution in [2.45, 2.75) is 108 Å². The third-order valence-electron chi connectivity index (χ3n) is 9.85. The SMILES string of the molecule is C=CCCC(=O)N[C@H](C)[C@@H](OC(=O)[C@@H]1[C@H]2C(=O)N(CCCCCCO)[C@H](C(=O)N(CC=C)CCCC)[C@]23CC[C@H]1O3)c1ccccc1.